The molecule has 6 heteroatoms. The number of hydrogen-bond acceptors (Lipinski definition) is 3. The zero-order valence-corrected chi connectivity index (χ0v) is 13.0. The molecule has 1 aromatic heterocycles. The van der Waals surface area contributed by atoms with E-state index in [0.29, 0.717) is 5.92 Å². The Morgan fingerprint density at radius 2 is 2.05 bits per heavy atom. The van der Waals surface area contributed by atoms with Crippen LogP contribution in [0, 0.1) is 0 Å². The molecule has 0 bridgehead atoms. The molecule has 0 radical (unpaired) electrons. The number of nitrogens with one attached hydrogen (secondary N) is 3. The zero-order chi connectivity index (χ0) is 14.9. The minimum atomic E-state index is -3.23. The van der Waals surface area contributed by atoms with Gasteiger partial charge in [0.2, 0.25) is 10.0 Å². The summed E-state index contributed by atoms with van der Waals surface area (Å²) < 4.78 is 25.6. The van der Waals surface area contributed by atoms with Crippen LogP contribution >= 0.6 is 0 Å². The van der Waals surface area contributed by atoms with Crippen molar-refractivity contribution in [2.45, 2.75) is 24.5 Å². The molecule has 0 unspecified atom stereocenters. The first-order valence-electron chi connectivity index (χ1n) is 7.31. The van der Waals surface area contributed by atoms with Crippen molar-refractivity contribution >= 4 is 20.9 Å². The van der Waals surface area contributed by atoms with Crippen molar-refractivity contribution in [2.24, 2.45) is 0 Å². The van der Waals surface area contributed by atoms with Gasteiger partial charge in [0.1, 0.15) is 0 Å². The van der Waals surface area contributed by atoms with E-state index in [1.807, 2.05) is 18.2 Å². The highest BCUT2D eigenvalue weighted by Gasteiger charge is 2.19. The van der Waals surface area contributed by atoms with Gasteiger partial charge in [0.05, 0.1) is 5.75 Å². The lowest BCUT2D eigenvalue weighted by Gasteiger charge is -2.22. The standard InChI is InChI=1S/C15H21N3O2S/c1-16-21(19,20)10-11-2-3-13-14(9-18-15(13)8-11)12-4-6-17-7-5-12/h2-3,8-9,12,16-18H,4-7,10H2,1H3. The van der Waals surface area contributed by atoms with Gasteiger partial charge in [-0.25, -0.2) is 13.1 Å². The van der Waals surface area contributed by atoms with Crippen molar-refractivity contribution in [1.29, 1.82) is 0 Å². The van der Waals surface area contributed by atoms with Crippen molar-refractivity contribution in [3.8, 4) is 0 Å². The molecule has 21 heavy (non-hydrogen) atoms. The monoisotopic (exact) mass is 307 g/mol. The van der Waals surface area contributed by atoms with Gasteiger partial charge in [-0.2, -0.15) is 0 Å². The number of rotatable bonds is 4. The number of piperidine rings is 1. The number of benzene rings is 1. The molecule has 5 nitrogen and oxygen atoms in total. The maximum absolute atomic E-state index is 11.6. The van der Waals surface area contributed by atoms with Crippen molar-refractivity contribution in [3.63, 3.8) is 0 Å². The van der Waals surface area contributed by atoms with E-state index in [-0.39, 0.29) is 5.75 Å². The van der Waals surface area contributed by atoms with Crippen LogP contribution in [-0.4, -0.2) is 33.5 Å². The highest BCUT2D eigenvalue weighted by molar-refractivity contribution is 7.88. The van der Waals surface area contributed by atoms with E-state index >= 15 is 0 Å². The maximum Gasteiger partial charge on any atom is 0.215 e. The van der Waals surface area contributed by atoms with Crippen LogP contribution in [0.5, 0.6) is 0 Å². The Labute approximate surface area is 125 Å². The third kappa shape index (κ3) is 3.12. The topological polar surface area (TPSA) is 74.0 Å². The minimum Gasteiger partial charge on any atom is -0.361 e. The van der Waals surface area contributed by atoms with E-state index in [9.17, 15) is 8.42 Å². The van der Waals surface area contributed by atoms with Gasteiger partial charge in [0.15, 0.2) is 0 Å². The van der Waals surface area contributed by atoms with Gasteiger partial charge < -0.3 is 10.3 Å². The number of sulfonamides is 1. The van der Waals surface area contributed by atoms with Crippen LogP contribution in [0.25, 0.3) is 10.9 Å². The van der Waals surface area contributed by atoms with Crippen LogP contribution in [0.15, 0.2) is 24.4 Å². The van der Waals surface area contributed by atoms with Gasteiger partial charge in [0.25, 0.3) is 0 Å². The van der Waals surface area contributed by atoms with E-state index in [1.165, 1.54) is 18.0 Å². The van der Waals surface area contributed by atoms with Crippen LogP contribution in [0.3, 0.4) is 0 Å². The molecule has 3 rings (SSSR count). The average molecular weight is 307 g/mol. The van der Waals surface area contributed by atoms with Crippen molar-refractivity contribution in [3.05, 3.63) is 35.5 Å². The summed E-state index contributed by atoms with van der Waals surface area (Å²) in [6.07, 6.45) is 4.39. The molecule has 0 saturated carbocycles. The summed E-state index contributed by atoms with van der Waals surface area (Å²) in [5.41, 5.74) is 3.18. The lowest BCUT2D eigenvalue weighted by Crippen LogP contribution is -2.26. The Hall–Kier alpha value is -1.37. The van der Waals surface area contributed by atoms with Crippen LogP contribution in [0.2, 0.25) is 0 Å². The molecule has 0 spiro atoms. The third-order valence-corrected chi connectivity index (χ3v) is 5.56. The van der Waals surface area contributed by atoms with Gasteiger partial charge >= 0.3 is 0 Å². The normalized spacial score (nSPS) is 17.4. The molecule has 1 aromatic carbocycles. The van der Waals surface area contributed by atoms with Crippen LogP contribution in [-0.2, 0) is 15.8 Å². The summed E-state index contributed by atoms with van der Waals surface area (Å²) in [5.74, 6) is 0.605. The molecule has 0 amide bonds. The number of hydrogen-bond donors (Lipinski definition) is 3. The Morgan fingerprint density at radius 3 is 2.76 bits per heavy atom. The molecule has 2 aromatic rings. The second-order valence-electron chi connectivity index (χ2n) is 5.61. The van der Waals surface area contributed by atoms with Gasteiger partial charge in [-0.3, -0.25) is 0 Å². The average Bonchev–Trinajstić information content (AvgIpc) is 2.91. The number of aromatic amines is 1. The zero-order valence-electron chi connectivity index (χ0n) is 12.1. The largest absolute Gasteiger partial charge is 0.361 e. The number of aromatic nitrogens is 1. The second-order valence-corrected chi connectivity index (χ2v) is 7.54. The van der Waals surface area contributed by atoms with Crippen LogP contribution in [0.1, 0.15) is 29.9 Å². The number of fused-ring (bicyclic) bond motifs is 1. The summed E-state index contributed by atoms with van der Waals surface area (Å²) in [7, 11) is -1.78. The molecule has 1 saturated heterocycles. The molecule has 0 aliphatic carbocycles. The minimum absolute atomic E-state index is 0.0150. The fourth-order valence-corrected chi connectivity index (χ4v) is 3.81. The molecule has 114 valence electrons. The Morgan fingerprint density at radius 1 is 1.29 bits per heavy atom. The molecule has 1 fully saturated rings. The fraction of sp³-hybridized carbons (Fsp3) is 0.467. The van der Waals surface area contributed by atoms with Crippen molar-refractivity contribution < 1.29 is 8.42 Å². The van der Waals surface area contributed by atoms with Gasteiger partial charge in [0, 0.05) is 17.1 Å². The first kappa shape index (κ1) is 14.6. The first-order chi connectivity index (χ1) is 10.1. The summed E-state index contributed by atoms with van der Waals surface area (Å²) in [6, 6.07) is 5.90. The van der Waals surface area contributed by atoms with Crippen LogP contribution in [0.4, 0.5) is 0 Å². The molecular formula is C15H21N3O2S. The Bertz CT molecular complexity index is 730. The lowest BCUT2D eigenvalue weighted by molar-refractivity contribution is 0.462. The highest BCUT2D eigenvalue weighted by Crippen LogP contribution is 2.31. The molecule has 3 N–H and O–H groups in total. The lowest BCUT2D eigenvalue weighted by atomic mass is 9.90. The van der Waals surface area contributed by atoms with E-state index in [2.05, 4.69) is 21.2 Å². The molecule has 1 aliphatic heterocycles. The summed E-state index contributed by atoms with van der Waals surface area (Å²) >= 11 is 0. The van der Waals surface area contributed by atoms with E-state index in [0.717, 1.165) is 37.0 Å². The smallest absolute Gasteiger partial charge is 0.215 e. The first-order valence-corrected chi connectivity index (χ1v) is 8.96. The van der Waals surface area contributed by atoms with Gasteiger partial charge in [-0.1, -0.05) is 12.1 Å². The van der Waals surface area contributed by atoms with E-state index < -0.39 is 10.0 Å². The van der Waals surface area contributed by atoms with E-state index in [4.69, 9.17) is 0 Å². The summed E-state index contributed by atoms with van der Waals surface area (Å²) in [5, 5.41) is 4.60. The molecule has 1 aliphatic rings. The third-order valence-electron chi connectivity index (χ3n) is 4.22. The highest BCUT2D eigenvalue weighted by atomic mass is 32.2. The van der Waals surface area contributed by atoms with Gasteiger partial charge in [-0.05, 0) is 56.1 Å². The molecule has 2 heterocycles. The van der Waals surface area contributed by atoms with Crippen molar-refractivity contribution in [1.82, 2.24) is 15.0 Å². The molecular weight excluding hydrogens is 286 g/mol. The molecule has 0 atom stereocenters. The van der Waals surface area contributed by atoms with Gasteiger partial charge in [-0.15, -0.1) is 0 Å². The Kier molecular flexibility index (Phi) is 4.01. The number of H-pyrrole nitrogens is 1. The summed E-state index contributed by atoms with van der Waals surface area (Å²) in [6.45, 7) is 2.13. The fourth-order valence-electron chi connectivity index (χ4n) is 3.05. The van der Waals surface area contributed by atoms with Crippen LogP contribution < -0.4 is 10.0 Å². The Balaban J connectivity index is 1.90. The maximum atomic E-state index is 11.6. The quantitative estimate of drug-likeness (QED) is 0.804. The second kappa shape index (κ2) is 5.79. The van der Waals surface area contributed by atoms with E-state index in [1.54, 1.807) is 0 Å². The predicted molar refractivity (Wildman–Crippen MR) is 84.8 cm³/mol. The summed E-state index contributed by atoms with van der Waals surface area (Å²) in [4.78, 5) is 3.29. The van der Waals surface area contributed by atoms with Crippen molar-refractivity contribution in [2.75, 3.05) is 20.1 Å². The SMILES string of the molecule is CNS(=O)(=O)Cc1ccc2c(C3CCNCC3)c[nH]c2c1. The predicted octanol–water partition coefficient (Wildman–Crippen LogP) is 1.68.